The first-order chi connectivity index (χ1) is 11.7. The summed E-state index contributed by atoms with van der Waals surface area (Å²) in [5.41, 5.74) is 0. The third-order valence-electron chi connectivity index (χ3n) is 4.75. The molecule has 3 atom stereocenters. The highest BCUT2D eigenvalue weighted by Crippen LogP contribution is 2.31. The summed E-state index contributed by atoms with van der Waals surface area (Å²) >= 11 is 0. The van der Waals surface area contributed by atoms with Crippen LogP contribution in [0.3, 0.4) is 0 Å². The van der Waals surface area contributed by atoms with Crippen molar-refractivity contribution in [1.29, 1.82) is 0 Å². The van der Waals surface area contributed by atoms with Gasteiger partial charge < -0.3 is 9.53 Å². The maximum absolute atomic E-state index is 11.2. The van der Waals surface area contributed by atoms with Gasteiger partial charge in [-0.3, -0.25) is 4.79 Å². The van der Waals surface area contributed by atoms with Gasteiger partial charge in [0.25, 0.3) is 0 Å². The number of carbonyl (C=O) groups is 2. The van der Waals surface area contributed by atoms with Crippen molar-refractivity contribution in [3.8, 4) is 0 Å². The van der Waals surface area contributed by atoms with Gasteiger partial charge in [0.1, 0.15) is 12.4 Å². The Morgan fingerprint density at radius 3 is 2.50 bits per heavy atom. The van der Waals surface area contributed by atoms with Gasteiger partial charge in [0.05, 0.1) is 0 Å². The number of ether oxygens (including phenoxy) is 1. The molecule has 1 unspecified atom stereocenters. The van der Waals surface area contributed by atoms with Crippen LogP contribution in [0.5, 0.6) is 0 Å². The predicted molar refractivity (Wildman–Crippen MR) is 98.7 cm³/mol. The molecule has 0 aliphatic heterocycles. The van der Waals surface area contributed by atoms with Crippen molar-refractivity contribution >= 4 is 12.3 Å². The molecule has 0 amide bonds. The van der Waals surface area contributed by atoms with E-state index in [1.165, 1.54) is 39.0 Å². The van der Waals surface area contributed by atoms with Crippen molar-refractivity contribution in [3.63, 3.8) is 0 Å². The van der Waals surface area contributed by atoms with Crippen molar-refractivity contribution in [3.05, 3.63) is 24.3 Å². The number of hydrogen-bond acceptors (Lipinski definition) is 3. The van der Waals surface area contributed by atoms with Gasteiger partial charge in [-0.25, -0.2) is 0 Å². The molecule has 24 heavy (non-hydrogen) atoms. The molecule has 1 aliphatic carbocycles. The first kappa shape index (κ1) is 20.7. The van der Waals surface area contributed by atoms with Crippen LogP contribution in [-0.2, 0) is 14.3 Å². The van der Waals surface area contributed by atoms with E-state index >= 15 is 0 Å². The summed E-state index contributed by atoms with van der Waals surface area (Å²) in [4.78, 5) is 22.2. The van der Waals surface area contributed by atoms with Crippen LogP contribution in [0.1, 0.15) is 78.1 Å². The third kappa shape index (κ3) is 9.05. The molecule has 1 saturated carbocycles. The van der Waals surface area contributed by atoms with E-state index in [0.29, 0.717) is 5.92 Å². The molecule has 0 saturated heterocycles. The SMILES string of the molecule is CCCCCCCCC(C=CC=C[C@H]1CCC[C@H]1C=O)OC(C)=O. The Balaban J connectivity index is 2.35. The normalized spacial score (nSPS) is 22.2. The van der Waals surface area contributed by atoms with Gasteiger partial charge in [-0.15, -0.1) is 0 Å². The number of aldehydes is 1. The molecular formula is C21H34O3. The quantitative estimate of drug-likeness (QED) is 0.208. The molecule has 0 aromatic heterocycles. The van der Waals surface area contributed by atoms with Crippen LogP contribution >= 0.6 is 0 Å². The van der Waals surface area contributed by atoms with Crippen molar-refractivity contribution in [1.82, 2.24) is 0 Å². The van der Waals surface area contributed by atoms with Crippen LogP contribution in [0.2, 0.25) is 0 Å². The highest BCUT2D eigenvalue weighted by molar-refractivity contribution is 5.66. The molecule has 0 radical (unpaired) electrons. The zero-order valence-corrected chi connectivity index (χ0v) is 15.4. The molecule has 3 nitrogen and oxygen atoms in total. The van der Waals surface area contributed by atoms with E-state index in [1.807, 2.05) is 18.2 Å². The molecule has 0 bridgehead atoms. The lowest BCUT2D eigenvalue weighted by Gasteiger charge is -2.13. The molecule has 1 aliphatic rings. The molecule has 136 valence electrons. The average Bonchev–Trinajstić information content (AvgIpc) is 3.01. The van der Waals surface area contributed by atoms with Gasteiger partial charge in [0, 0.05) is 12.8 Å². The summed E-state index contributed by atoms with van der Waals surface area (Å²) in [6.45, 7) is 3.68. The third-order valence-corrected chi connectivity index (χ3v) is 4.75. The summed E-state index contributed by atoms with van der Waals surface area (Å²) in [6.07, 6.45) is 20.6. The van der Waals surface area contributed by atoms with E-state index in [2.05, 4.69) is 13.0 Å². The minimum absolute atomic E-state index is 0.135. The number of allylic oxidation sites excluding steroid dienone is 3. The lowest BCUT2D eigenvalue weighted by atomic mass is 9.97. The monoisotopic (exact) mass is 334 g/mol. The van der Waals surface area contributed by atoms with Gasteiger partial charge in [-0.05, 0) is 37.7 Å². The second-order valence-electron chi connectivity index (χ2n) is 6.87. The van der Waals surface area contributed by atoms with Crippen LogP contribution in [0, 0.1) is 11.8 Å². The number of rotatable bonds is 12. The summed E-state index contributed by atoms with van der Waals surface area (Å²) in [6, 6.07) is 0. The lowest BCUT2D eigenvalue weighted by Crippen LogP contribution is -2.13. The topological polar surface area (TPSA) is 43.4 Å². The van der Waals surface area contributed by atoms with Crippen LogP contribution in [0.25, 0.3) is 0 Å². The molecule has 0 aromatic rings. The van der Waals surface area contributed by atoms with Crippen molar-refractivity contribution in [2.45, 2.75) is 84.2 Å². The Bertz CT molecular complexity index is 411. The highest BCUT2D eigenvalue weighted by Gasteiger charge is 2.23. The Morgan fingerprint density at radius 2 is 1.79 bits per heavy atom. The Labute approximate surface area is 147 Å². The minimum atomic E-state index is -0.226. The molecule has 0 heterocycles. The zero-order chi connectivity index (χ0) is 17.6. The molecule has 1 rings (SSSR count). The summed E-state index contributed by atoms with van der Waals surface area (Å²) in [5, 5.41) is 0. The van der Waals surface area contributed by atoms with E-state index in [-0.39, 0.29) is 18.0 Å². The second kappa shape index (κ2) is 13.0. The first-order valence-corrected chi connectivity index (χ1v) is 9.64. The minimum Gasteiger partial charge on any atom is -0.458 e. The predicted octanol–water partition coefficient (Wildman–Crippen LogP) is 5.40. The van der Waals surface area contributed by atoms with Crippen LogP contribution in [0.15, 0.2) is 24.3 Å². The lowest BCUT2D eigenvalue weighted by molar-refractivity contribution is -0.144. The van der Waals surface area contributed by atoms with E-state index in [4.69, 9.17) is 4.74 Å². The maximum Gasteiger partial charge on any atom is 0.303 e. The van der Waals surface area contributed by atoms with Gasteiger partial charge in [0.2, 0.25) is 0 Å². The fourth-order valence-corrected chi connectivity index (χ4v) is 3.35. The fraction of sp³-hybridized carbons (Fsp3) is 0.714. The number of hydrogen-bond donors (Lipinski definition) is 0. The first-order valence-electron chi connectivity index (χ1n) is 9.64. The molecule has 1 fully saturated rings. The Hall–Kier alpha value is -1.38. The van der Waals surface area contributed by atoms with Crippen LogP contribution < -0.4 is 0 Å². The van der Waals surface area contributed by atoms with Gasteiger partial charge >= 0.3 is 5.97 Å². The smallest absolute Gasteiger partial charge is 0.303 e. The van der Waals surface area contributed by atoms with Crippen molar-refractivity contribution < 1.29 is 14.3 Å². The zero-order valence-electron chi connectivity index (χ0n) is 15.4. The van der Waals surface area contributed by atoms with Gasteiger partial charge in [-0.2, -0.15) is 0 Å². The second-order valence-corrected chi connectivity index (χ2v) is 6.87. The molecule has 0 spiro atoms. The summed E-state index contributed by atoms with van der Waals surface area (Å²) in [7, 11) is 0. The largest absolute Gasteiger partial charge is 0.458 e. The van der Waals surface area contributed by atoms with Crippen LogP contribution in [0.4, 0.5) is 0 Å². The fourth-order valence-electron chi connectivity index (χ4n) is 3.35. The highest BCUT2D eigenvalue weighted by atomic mass is 16.5. The van der Waals surface area contributed by atoms with Crippen molar-refractivity contribution in [2.75, 3.05) is 0 Å². The van der Waals surface area contributed by atoms with E-state index in [9.17, 15) is 9.59 Å². The average molecular weight is 335 g/mol. The van der Waals surface area contributed by atoms with Gasteiger partial charge in [0.15, 0.2) is 0 Å². The summed E-state index contributed by atoms with van der Waals surface area (Å²) in [5.74, 6) is 0.330. The Kier molecular flexibility index (Phi) is 11.2. The number of unbranched alkanes of at least 4 members (excludes halogenated alkanes) is 5. The van der Waals surface area contributed by atoms with E-state index in [0.717, 1.165) is 38.4 Å². The number of esters is 1. The molecule has 3 heteroatoms. The number of carbonyl (C=O) groups excluding carboxylic acids is 2. The van der Waals surface area contributed by atoms with Crippen LogP contribution in [-0.4, -0.2) is 18.4 Å². The van der Waals surface area contributed by atoms with Gasteiger partial charge in [-0.1, -0.05) is 63.7 Å². The maximum atomic E-state index is 11.2. The van der Waals surface area contributed by atoms with E-state index in [1.54, 1.807) is 0 Å². The molecule has 0 aromatic carbocycles. The standard InChI is InChI=1S/C21H34O3/c1-3-4-5-6-7-8-15-21(24-18(2)23)16-10-9-12-19-13-11-14-20(19)17-22/h9-10,12,16-17,19-21H,3-8,11,13-15H2,1-2H3/t19-,20-,21?/m0/s1. The molecule has 0 N–H and O–H groups in total. The molecular weight excluding hydrogens is 300 g/mol. The van der Waals surface area contributed by atoms with E-state index < -0.39 is 0 Å². The van der Waals surface area contributed by atoms with Crippen molar-refractivity contribution in [2.24, 2.45) is 11.8 Å². The Morgan fingerprint density at radius 1 is 1.08 bits per heavy atom. The summed E-state index contributed by atoms with van der Waals surface area (Å²) < 4.78 is 5.38.